The zero-order valence-electron chi connectivity index (χ0n) is 14.2. The van der Waals surface area contributed by atoms with Gasteiger partial charge in [0.25, 0.3) is 0 Å². The zero-order chi connectivity index (χ0) is 17.9. The van der Waals surface area contributed by atoms with Gasteiger partial charge in [0.1, 0.15) is 11.9 Å². The molecule has 26 heavy (non-hydrogen) atoms. The van der Waals surface area contributed by atoms with E-state index in [4.69, 9.17) is 0 Å². The number of hydrogen-bond acceptors (Lipinski definition) is 5. The molecule has 2 aromatic heterocycles. The third kappa shape index (κ3) is 3.40. The van der Waals surface area contributed by atoms with Crippen molar-refractivity contribution in [1.82, 2.24) is 20.1 Å². The van der Waals surface area contributed by atoms with Crippen LogP contribution in [0.15, 0.2) is 47.2 Å². The lowest BCUT2D eigenvalue weighted by molar-refractivity contribution is -0.144. The molecule has 3 heterocycles. The summed E-state index contributed by atoms with van der Waals surface area (Å²) in [6, 6.07) is 11.2. The Morgan fingerprint density at radius 3 is 2.65 bits per heavy atom. The van der Waals surface area contributed by atoms with Crippen molar-refractivity contribution in [2.75, 3.05) is 13.1 Å². The first-order valence-electron chi connectivity index (χ1n) is 8.69. The number of aromatic nitrogens is 3. The van der Waals surface area contributed by atoms with Gasteiger partial charge in [0.15, 0.2) is 5.82 Å². The molecule has 1 atom stereocenters. The highest BCUT2D eigenvalue weighted by atomic mass is 32.1. The molecule has 0 amide bonds. The summed E-state index contributed by atoms with van der Waals surface area (Å²) >= 11 is 1.53. The lowest BCUT2D eigenvalue weighted by Gasteiger charge is -2.34. The van der Waals surface area contributed by atoms with Crippen LogP contribution in [-0.2, 0) is 4.79 Å². The summed E-state index contributed by atoms with van der Waals surface area (Å²) < 4.78 is 0. The zero-order valence-corrected chi connectivity index (χ0v) is 15.0. The van der Waals surface area contributed by atoms with E-state index in [-0.39, 0.29) is 5.92 Å². The summed E-state index contributed by atoms with van der Waals surface area (Å²) in [6.07, 6.45) is 1.74. The minimum Gasteiger partial charge on any atom is -0.480 e. The maximum Gasteiger partial charge on any atom is 0.325 e. The van der Waals surface area contributed by atoms with Gasteiger partial charge < -0.3 is 5.11 Å². The molecule has 1 saturated heterocycles. The topological polar surface area (TPSA) is 82.1 Å². The van der Waals surface area contributed by atoms with Gasteiger partial charge in [-0.2, -0.15) is 16.4 Å². The standard InChI is InChI=1S/C19H20N4O2S/c24-19(25)16(15-8-11-26-12-15)23-9-6-14(7-10-23)18-20-17(21-22-18)13-4-2-1-3-5-13/h1-5,8,11-12,14,16H,6-7,9-10H2,(H,24,25)(H,20,21,22)/t16-/m1/s1. The highest BCUT2D eigenvalue weighted by Gasteiger charge is 2.32. The second-order valence-corrected chi connectivity index (χ2v) is 7.30. The second-order valence-electron chi connectivity index (χ2n) is 6.52. The summed E-state index contributed by atoms with van der Waals surface area (Å²) in [4.78, 5) is 18.5. The molecule has 0 bridgehead atoms. The van der Waals surface area contributed by atoms with Gasteiger partial charge in [-0.1, -0.05) is 30.3 Å². The minimum absolute atomic E-state index is 0.285. The Hall–Kier alpha value is -2.51. The number of carboxylic acid groups (broad SMARTS) is 1. The monoisotopic (exact) mass is 368 g/mol. The predicted octanol–water partition coefficient (Wildman–Crippen LogP) is 3.54. The van der Waals surface area contributed by atoms with Crippen LogP contribution in [0.4, 0.5) is 0 Å². The molecular formula is C19H20N4O2S. The lowest BCUT2D eigenvalue weighted by atomic mass is 9.94. The Morgan fingerprint density at radius 2 is 2.00 bits per heavy atom. The van der Waals surface area contributed by atoms with Crippen LogP contribution >= 0.6 is 11.3 Å². The number of rotatable bonds is 5. The third-order valence-corrected chi connectivity index (χ3v) is 5.61. The Morgan fingerprint density at radius 1 is 1.23 bits per heavy atom. The normalized spacial score (nSPS) is 17.2. The van der Waals surface area contributed by atoms with Crippen LogP contribution in [0.25, 0.3) is 11.4 Å². The van der Waals surface area contributed by atoms with E-state index in [0.29, 0.717) is 5.82 Å². The first-order chi connectivity index (χ1) is 12.7. The van der Waals surface area contributed by atoms with E-state index in [0.717, 1.165) is 42.9 Å². The first-order valence-corrected chi connectivity index (χ1v) is 9.63. The van der Waals surface area contributed by atoms with Gasteiger partial charge >= 0.3 is 5.97 Å². The molecule has 1 fully saturated rings. The fourth-order valence-electron chi connectivity index (χ4n) is 3.54. The van der Waals surface area contributed by atoms with Crippen LogP contribution in [0.1, 0.15) is 36.2 Å². The summed E-state index contributed by atoms with van der Waals surface area (Å²) in [5.74, 6) is 1.11. The summed E-state index contributed by atoms with van der Waals surface area (Å²) in [7, 11) is 0. The number of carbonyl (C=O) groups is 1. The van der Waals surface area contributed by atoms with Crippen LogP contribution in [0.2, 0.25) is 0 Å². The second kappa shape index (κ2) is 7.39. The quantitative estimate of drug-likeness (QED) is 0.720. The van der Waals surface area contributed by atoms with Crippen molar-refractivity contribution in [3.8, 4) is 11.4 Å². The molecule has 2 N–H and O–H groups in total. The van der Waals surface area contributed by atoms with Crippen molar-refractivity contribution in [3.63, 3.8) is 0 Å². The van der Waals surface area contributed by atoms with Crippen LogP contribution < -0.4 is 0 Å². The fourth-order valence-corrected chi connectivity index (χ4v) is 4.22. The number of piperidine rings is 1. The average molecular weight is 368 g/mol. The Balaban J connectivity index is 1.44. The molecule has 7 heteroatoms. The van der Waals surface area contributed by atoms with E-state index >= 15 is 0 Å². The van der Waals surface area contributed by atoms with Gasteiger partial charge in [-0.05, 0) is 48.3 Å². The van der Waals surface area contributed by atoms with Gasteiger partial charge in [-0.25, -0.2) is 4.98 Å². The van der Waals surface area contributed by atoms with Crippen molar-refractivity contribution < 1.29 is 9.90 Å². The van der Waals surface area contributed by atoms with Crippen molar-refractivity contribution in [3.05, 3.63) is 58.5 Å². The molecule has 0 aliphatic carbocycles. The highest BCUT2D eigenvalue weighted by Crippen LogP contribution is 2.32. The number of carboxylic acids is 1. The summed E-state index contributed by atoms with van der Waals surface area (Å²) in [5, 5.41) is 20.9. The molecular weight excluding hydrogens is 348 g/mol. The van der Waals surface area contributed by atoms with E-state index in [1.54, 1.807) is 0 Å². The van der Waals surface area contributed by atoms with Crippen LogP contribution in [0.5, 0.6) is 0 Å². The molecule has 1 aromatic carbocycles. The van der Waals surface area contributed by atoms with E-state index in [2.05, 4.69) is 20.1 Å². The maximum absolute atomic E-state index is 11.7. The third-order valence-electron chi connectivity index (χ3n) is 4.91. The summed E-state index contributed by atoms with van der Waals surface area (Å²) in [6.45, 7) is 1.47. The molecule has 134 valence electrons. The molecule has 0 unspecified atom stereocenters. The van der Waals surface area contributed by atoms with Gasteiger partial charge in [0.2, 0.25) is 0 Å². The smallest absolute Gasteiger partial charge is 0.325 e. The van der Waals surface area contributed by atoms with Crippen molar-refractivity contribution in [1.29, 1.82) is 0 Å². The Labute approximate surface area is 155 Å². The number of thiophene rings is 1. The van der Waals surface area contributed by atoms with E-state index in [1.807, 2.05) is 47.2 Å². The molecule has 0 saturated carbocycles. The van der Waals surface area contributed by atoms with Gasteiger partial charge in [-0.3, -0.25) is 14.8 Å². The van der Waals surface area contributed by atoms with Crippen LogP contribution in [0.3, 0.4) is 0 Å². The largest absolute Gasteiger partial charge is 0.480 e. The number of aliphatic carboxylic acids is 1. The van der Waals surface area contributed by atoms with E-state index in [1.165, 1.54) is 11.3 Å². The summed E-state index contributed by atoms with van der Waals surface area (Å²) in [5.41, 5.74) is 1.86. The number of likely N-dealkylation sites (tertiary alicyclic amines) is 1. The maximum atomic E-state index is 11.7. The minimum atomic E-state index is -0.784. The highest BCUT2D eigenvalue weighted by molar-refractivity contribution is 7.08. The number of aromatic amines is 1. The molecule has 0 spiro atoms. The SMILES string of the molecule is O=C(O)[C@@H](c1ccsc1)N1CCC(c2nc(-c3ccccc3)n[nH]2)CC1. The number of hydrogen-bond donors (Lipinski definition) is 2. The molecule has 3 aromatic rings. The average Bonchev–Trinajstić information content (AvgIpc) is 3.35. The molecule has 0 radical (unpaired) electrons. The van der Waals surface area contributed by atoms with Gasteiger partial charge in [0, 0.05) is 11.5 Å². The van der Waals surface area contributed by atoms with E-state index < -0.39 is 12.0 Å². The lowest BCUT2D eigenvalue weighted by Crippen LogP contribution is -2.39. The van der Waals surface area contributed by atoms with Crippen LogP contribution in [-0.4, -0.2) is 44.2 Å². The first kappa shape index (κ1) is 16.9. The Bertz CT molecular complexity index is 855. The van der Waals surface area contributed by atoms with Gasteiger partial charge in [-0.15, -0.1) is 0 Å². The number of nitrogens with zero attached hydrogens (tertiary/aromatic N) is 3. The number of H-pyrrole nitrogens is 1. The van der Waals surface area contributed by atoms with Crippen molar-refractivity contribution >= 4 is 17.3 Å². The predicted molar refractivity (Wildman–Crippen MR) is 100 cm³/mol. The number of benzene rings is 1. The number of nitrogens with one attached hydrogen (secondary N) is 1. The molecule has 1 aliphatic heterocycles. The molecule has 6 nitrogen and oxygen atoms in total. The fraction of sp³-hybridized carbons (Fsp3) is 0.316. The van der Waals surface area contributed by atoms with Crippen molar-refractivity contribution in [2.45, 2.75) is 24.8 Å². The molecule has 1 aliphatic rings. The van der Waals surface area contributed by atoms with Crippen molar-refractivity contribution in [2.24, 2.45) is 0 Å². The Kier molecular flexibility index (Phi) is 4.81. The van der Waals surface area contributed by atoms with Crippen LogP contribution in [0, 0.1) is 0 Å². The molecule has 4 rings (SSSR count). The van der Waals surface area contributed by atoms with E-state index in [9.17, 15) is 9.90 Å². The van der Waals surface area contributed by atoms with Gasteiger partial charge in [0.05, 0.1) is 0 Å².